The smallest absolute Gasteiger partial charge is 0.236 e. The Hall–Kier alpha value is -3.46. The van der Waals surface area contributed by atoms with Crippen molar-refractivity contribution in [3.8, 4) is 0 Å². The van der Waals surface area contributed by atoms with E-state index in [4.69, 9.17) is 9.84 Å². The third-order valence-electron chi connectivity index (χ3n) is 6.59. The zero-order chi connectivity index (χ0) is 21.1. The van der Waals surface area contributed by atoms with Crippen LogP contribution in [-0.4, -0.2) is 12.3 Å². The molecule has 2 heterocycles. The highest BCUT2D eigenvalue weighted by atomic mass is 16.5. The maximum absolute atomic E-state index is 6.51. The van der Waals surface area contributed by atoms with Gasteiger partial charge in [0.1, 0.15) is 17.6 Å². The summed E-state index contributed by atoms with van der Waals surface area (Å²) in [7, 11) is 0. The van der Waals surface area contributed by atoms with Gasteiger partial charge in [0.05, 0.1) is 5.92 Å². The fraction of sp³-hybridized carbons (Fsp3) is 0.214. The van der Waals surface area contributed by atoms with E-state index in [2.05, 4.69) is 98.3 Å². The molecule has 3 aliphatic rings. The molecule has 2 unspecified atom stereocenters. The summed E-state index contributed by atoms with van der Waals surface area (Å²) in [5.74, 6) is 1.13. The molecule has 0 spiro atoms. The summed E-state index contributed by atoms with van der Waals surface area (Å²) in [6.45, 7) is 7.23. The first kappa shape index (κ1) is 18.3. The van der Waals surface area contributed by atoms with Crippen molar-refractivity contribution in [1.29, 1.82) is 0 Å². The molecule has 3 aromatic rings. The van der Waals surface area contributed by atoms with Crippen molar-refractivity contribution in [2.45, 2.75) is 32.8 Å². The van der Waals surface area contributed by atoms with E-state index in [1.807, 2.05) is 0 Å². The molecule has 6 rings (SSSR count). The van der Waals surface area contributed by atoms with Gasteiger partial charge in [0.25, 0.3) is 0 Å². The van der Waals surface area contributed by atoms with Crippen molar-refractivity contribution in [2.24, 2.45) is 5.10 Å². The van der Waals surface area contributed by atoms with Crippen molar-refractivity contribution in [3.63, 3.8) is 0 Å². The molecule has 0 bridgehead atoms. The molecule has 31 heavy (non-hydrogen) atoms. The van der Waals surface area contributed by atoms with Gasteiger partial charge in [-0.3, -0.25) is 0 Å². The van der Waals surface area contributed by atoms with Gasteiger partial charge in [-0.2, -0.15) is 0 Å². The number of hydrazone groups is 1. The van der Waals surface area contributed by atoms with Crippen molar-refractivity contribution in [3.05, 3.63) is 117 Å². The van der Waals surface area contributed by atoms with Gasteiger partial charge < -0.3 is 4.74 Å². The van der Waals surface area contributed by atoms with Crippen LogP contribution in [0.25, 0.3) is 5.76 Å². The van der Waals surface area contributed by atoms with Crippen LogP contribution in [0.2, 0.25) is 0 Å². The van der Waals surface area contributed by atoms with Gasteiger partial charge in [0.2, 0.25) is 5.36 Å². The van der Waals surface area contributed by atoms with Crippen LogP contribution in [0.5, 0.6) is 0 Å². The Morgan fingerprint density at radius 2 is 1.48 bits per heavy atom. The number of aryl methyl sites for hydroxylation is 2. The van der Waals surface area contributed by atoms with Crippen LogP contribution in [0, 0.1) is 13.8 Å². The lowest BCUT2D eigenvalue weighted by atomic mass is 9.80. The summed E-state index contributed by atoms with van der Waals surface area (Å²) in [5.41, 5.74) is 8.60. The number of benzene rings is 3. The predicted molar refractivity (Wildman–Crippen MR) is 125 cm³/mol. The third-order valence-corrected chi connectivity index (χ3v) is 6.59. The lowest BCUT2D eigenvalue weighted by Crippen LogP contribution is -2.41. The van der Waals surface area contributed by atoms with Gasteiger partial charge in [-0.05, 0) is 38.0 Å². The Labute approximate surface area is 182 Å². The first-order chi connectivity index (χ1) is 15.1. The molecule has 0 N–H and O–H groups in total. The molecule has 3 nitrogen and oxygen atoms in total. The van der Waals surface area contributed by atoms with Crippen LogP contribution in [0.1, 0.15) is 52.3 Å². The standard InChI is InChI=1S/C28H25N2O/c1-4-30-23-15-13-22-26-24(31-28(22)20-11-7-18(3)8-12-20)16-14-21(25(23)26)27(29-30)19-9-5-17(2)6-10-19/h5-16,21,24H,4H2,1-3H3/q+1. The number of rotatable bonds is 3. The average molecular weight is 406 g/mol. The third kappa shape index (κ3) is 2.73. The van der Waals surface area contributed by atoms with Gasteiger partial charge in [0.15, 0.2) is 6.54 Å². The molecule has 2 atom stereocenters. The Bertz CT molecular complexity index is 1390. The normalized spacial score (nSPS) is 20.4. The average Bonchev–Trinajstić information content (AvgIpc) is 3.18. The fourth-order valence-electron chi connectivity index (χ4n) is 4.98. The molecule has 3 aromatic carbocycles. The molecule has 1 aliphatic carbocycles. The fourth-order valence-corrected chi connectivity index (χ4v) is 4.98. The summed E-state index contributed by atoms with van der Waals surface area (Å²) in [6, 6.07) is 21.8. The molecule has 0 radical (unpaired) electrons. The van der Waals surface area contributed by atoms with E-state index in [0.29, 0.717) is 0 Å². The summed E-state index contributed by atoms with van der Waals surface area (Å²) in [6.07, 6.45) is 4.46. The van der Waals surface area contributed by atoms with E-state index in [-0.39, 0.29) is 12.0 Å². The van der Waals surface area contributed by atoms with E-state index < -0.39 is 0 Å². The molecule has 0 saturated carbocycles. The highest BCUT2D eigenvalue weighted by molar-refractivity contribution is 6.07. The number of nitrogens with zero attached hydrogens (tertiary/aromatic N) is 2. The molecular formula is C28H25N2O+. The second-order valence-corrected chi connectivity index (χ2v) is 8.62. The van der Waals surface area contributed by atoms with Crippen molar-refractivity contribution >= 4 is 11.5 Å². The van der Waals surface area contributed by atoms with E-state index in [0.717, 1.165) is 23.6 Å². The monoisotopic (exact) mass is 405 g/mol. The molecule has 152 valence electrons. The second-order valence-electron chi connectivity index (χ2n) is 8.62. The Morgan fingerprint density at radius 1 is 0.806 bits per heavy atom. The van der Waals surface area contributed by atoms with Gasteiger partial charge in [-0.1, -0.05) is 70.4 Å². The lowest BCUT2D eigenvalue weighted by molar-refractivity contribution is 0.226. The van der Waals surface area contributed by atoms with Gasteiger partial charge in [-0.15, -0.1) is 0 Å². The molecule has 0 amide bonds. The summed E-state index contributed by atoms with van der Waals surface area (Å²) in [4.78, 5) is 0. The maximum Gasteiger partial charge on any atom is 0.236 e. The lowest BCUT2D eigenvalue weighted by Gasteiger charge is -2.25. The maximum atomic E-state index is 6.51. The molecule has 0 saturated heterocycles. The number of allylic oxidation sites excluding steroid dienone is 1. The van der Waals surface area contributed by atoms with E-state index in [9.17, 15) is 0 Å². The molecular weight excluding hydrogens is 380 g/mol. The highest BCUT2D eigenvalue weighted by Crippen LogP contribution is 2.39. The minimum atomic E-state index is -0.0337. The van der Waals surface area contributed by atoms with E-state index >= 15 is 0 Å². The number of hydrogen-bond donors (Lipinski definition) is 0. The minimum Gasteiger partial charge on any atom is -0.480 e. The summed E-state index contributed by atoms with van der Waals surface area (Å²) >= 11 is 0. The largest absolute Gasteiger partial charge is 0.480 e. The van der Waals surface area contributed by atoms with Crippen molar-refractivity contribution in [1.82, 2.24) is 4.68 Å². The predicted octanol–water partition coefficient (Wildman–Crippen LogP) is 4.11. The van der Waals surface area contributed by atoms with Crippen LogP contribution >= 0.6 is 0 Å². The minimum absolute atomic E-state index is 0.0337. The Morgan fingerprint density at radius 3 is 2.16 bits per heavy atom. The van der Waals surface area contributed by atoms with Crippen LogP contribution in [0.15, 0.2) is 77.9 Å². The van der Waals surface area contributed by atoms with Gasteiger partial charge in [-0.25, -0.2) is 0 Å². The first-order valence-corrected chi connectivity index (χ1v) is 11.0. The van der Waals surface area contributed by atoms with Crippen molar-refractivity contribution in [2.75, 3.05) is 6.54 Å². The number of hydrogen-bond acceptors (Lipinski definition) is 2. The SMILES string of the molecule is CC[N+]1=c2ccc3c4c2C(C=CC4OC=3c2ccc(C)cc2)C(c2ccc(C)cc2)=N1. The Kier molecular flexibility index (Phi) is 4.01. The van der Waals surface area contributed by atoms with Gasteiger partial charge >= 0.3 is 0 Å². The topological polar surface area (TPSA) is 24.6 Å². The first-order valence-electron chi connectivity index (χ1n) is 11.0. The highest BCUT2D eigenvalue weighted by Gasteiger charge is 2.39. The zero-order valence-corrected chi connectivity index (χ0v) is 18.1. The molecule has 0 aromatic heterocycles. The molecule has 2 aliphatic heterocycles. The second kappa shape index (κ2) is 6.78. The van der Waals surface area contributed by atoms with Crippen LogP contribution in [0.4, 0.5) is 0 Å². The van der Waals surface area contributed by atoms with Gasteiger partial charge in [0, 0.05) is 33.5 Å². The molecule has 3 heteroatoms. The molecule has 0 fully saturated rings. The summed E-state index contributed by atoms with van der Waals surface area (Å²) < 4.78 is 8.65. The van der Waals surface area contributed by atoms with Crippen LogP contribution < -0.4 is 15.3 Å². The quantitative estimate of drug-likeness (QED) is 0.475. The summed E-state index contributed by atoms with van der Waals surface area (Å²) in [5, 5.41) is 7.49. The Balaban J connectivity index is 1.62. The zero-order valence-electron chi connectivity index (χ0n) is 18.1. The van der Waals surface area contributed by atoms with Crippen LogP contribution in [-0.2, 0) is 4.74 Å². The number of ether oxygens (including phenoxy) is 1. The van der Waals surface area contributed by atoms with E-state index in [1.54, 1.807) is 0 Å². The van der Waals surface area contributed by atoms with E-state index in [1.165, 1.54) is 38.4 Å². The van der Waals surface area contributed by atoms with Crippen molar-refractivity contribution < 1.29 is 4.74 Å². The van der Waals surface area contributed by atoms with Crippen LogP contribution in [0.3, 0.4) is 0 Å².